The van der Waals surface area contributed by atoms with Gasteiger partial charge in [0.1, 0.15) is 9.28 Å². The van der Waals surface area contributed by atoms with E-state index < -0.39 is 0 Å². The number of hydrogen-bond donors (Lipinski definition) is 3. The van der Waals surface area contributed by atoms with Gasteiger partial charge in [0, 0.05) is 18.5 Å². The SMILES string of the molecule is Cc1cc(C2CCCCC2)n(O)c(=O)c1.NCCO.[O-]n1ccccc1=S.[O-]n1ccccc1=S.[Zn+2]. The Bertz CT molecular complexity index is 1140. The average molecular weight is 586 g/mol. The van der Waals surface area contributed by atoms with Crippen LogP contribution in [0.25, 0.3) is 0 Å². The first-order valence-corrected chi connectivity index (χ1v) is 12.0. The second-order valence-corrected chi connectivity index (χ2v) is 8.52. The Morgan fingerprint density at radius 1 is 0.972 bits per heavy atom. The van der Waals surface area contributed by atoms with Crippen molar-refractivity contribution in [2.75, 3.05) is 13.2 Å². The fraction of sp³-hybridized carbons (Fsp3) is 0.375. The van der Waals surface area contributed by atoms with Gasteiger partial charge in [0.05, 0.1) is 12.3 Å². The van der Waals surface area contributed by atoms with Crippen molar-refractivity contribution in [1.82, 2.24) is 14.2 Å². The monoisotopic (exact) mass is 584 g/mol. The molecule has 1 saturated carbocycles. The van der Waals surface area contributed by atoms with Gasteiger partial charge < -0.3 is 35.9 Å². The van der Waals surface area contributed by atoms with Crippen LogP contribution in [0.4, 0.5) is 0 Å². The molecule has 0 radical (unpaired) electrons. The van der Waals surface area contributed by atoms with E-state index in [9.17, 15) is 20.4 Å². The van der Waals surface area contributed by atoms with Crippen LogP contribution in [0, 0.1) is 26.6 Å². The van der Waals surface area contributed by atoms with Gasteiger partial charge in [-0.2, -0.15) is 4.73 Å². The molecule has 4 rings (SSSR count). The van der Waals surface area contributed by atoms with Crippen molar-refractivity contribution in [2.45, 2.75) is 44.9 Å². The van der Waals surface area contributed by atoms with Crippen LogP contribution in [0.5, 0.6) is 0 Å². The maximum absolute atomic E-state index is 11.4. The standard InChI is InChI=1S/C12H17NO2.2C5H4NOS.C2H7NO.Zn/c1-9-7-11(13(15)12(14)8-9)10-5-3-2-4-6-10;2*7-6-4-2-1-3-5(6)8;3-1-2-4;/h7-8,10,15H,2-6H2,1H3;2*1-4H;4H,1-3H2;/q;2*-1;;+2. The maximum atomic E-state index is 11.4. The zero-order chi connectivity index (χ0) is 26.2. The Kier molecular flexibility index (Phi) is 17.6. The fourth-order valence-electron chi connectivity index (χ4n) is 3.23. The minimum Gasteiger partial charge on any atom is -0.805 e. The Morgan fingerprint density at radius 2 is 1.44 bits per heavy atom. The summed E-state index contributed by atoms with van der Waals surface area (Å²) in [6.07, 6.45) is 8.61. The smallest absolute Gasteiger partial charge is 0.805 e. The van der Waals surface area contributed by atoms with Crippen molar-refractivity contribution >= 4 is 24.4 Å². The van der Waals surface area contributed by atoms with E-state index in [2.05, 4.69) is 24.4 Å². The van der Waals surface area contributed by atoms with Crippen molar-refractivity contribution in [3.8, 4) is 0 Å². The third-order valence-corrected chi connectivity index (χ3v) is 5.54. The van der Waals surface area contributed by atoms with E-state index in [-0.39, 0.29) is 31.6 Å². The van der Waals surface area contributed by atoms with Crippen molar-refractivity contribution in [1.29, 1.82) is 0 Å². The van der Waals surface area contributed by atoms with Crippen LogP contribution in [0.2, 0.25) is 0 Å². The van der Waals surface area contributed by atoms with E-state index in [0.717, 1.165) is 28.8 Å². The number of rotatable bonds is 2. The van der Waals surface area contributed by atoms with Crippen LogP contribution in [-0.4, -0.2) is 37.7 Å². The molecule has 3 aromatic heterocycles. The van der Waals surface area contributed by atoms with Crippen LogP contribution in [0.1, 0.15) is 49.3 Å². The molecule has 1 aliphatic rings. The van der Waals surface area contributed by atoms with Gasteiger partial charge in [0.15, 0.2) is 0 Å². The van der Waals surface area contributed by atoms with Gasteiger partial charge in [-0.25, -0.2) is 0 Å². The molecule has 192 valence electrons. The summed E-state index contributed by atoms with van der Waals surface area (Å²) in [4.78, 5) is 11.4. The van der Waals surface area contributed by atoms with Gasteiger partial charge in [-0.3, -0.25) is 4.79 Å². The molecule has 12 heteroatoms. The first kappa shape index (κ1) is 33.6. The summed E-state index contributed by atoms with van der Waals surface area (Å²) in [6, 6.07) is 13.3. The molecule has 0 amide bonds. The maximum Gasteiger partial charge on any atom is 2.00 e. The molecule has 0 spiro atoms. The average Bonchev–Trinajstić information content (AvgIpc) is 2.86. The van der Waals surface area contributed by atoms with Gasteiger partial charge >= 0.3 is 19.5 Å². The molecule has 0 unspecified atom stereocenters. The summed E-state index contributed by atoms with van der Waals surface area (Å²) in [5.74, 6) is 0.358. The Labute approximate surface area is 233 Å². The molecule has 9 nitrogen and oxygen atoms in total. The molecule has 0 atom stereocenters. The van der Waals surface area contributed by atoms with E-state index in [4.69, 9.17) is 10.8 Å². The summed E-state index contributed by atoms with van der Waals surface area (Å²) in [7, 11) is 0. The molecule has 0 bridgehead atoms. The Hall–Kier alpha value is -2.37. The fourth-order valence-corrected chi connectivity index (χ4v) is 3.51. The molecule has 3 heterocycles. The molecule has 0 aliphatic heterocycles. The molecule has 1 fully saturated rings. The van der Waals surface area contributed by atoms with Crippen LogP contribution in [-0.2, 0) is 19.5 Å². The third kappa shape index (κ3) is 12.6. The van der Waals surface area contributed by atoms with Gasteiger partial charge in [-0.05, 0) is 68.1 Å². The molecular formula is C24H32N4O5S2Zn. The number of aryl methyl sites for hydroxylation is 1. The molecule has 3 aromatic rings. The van der Waals surface area contributed by atoms with E-state index in [0.29, 0.717) is 31.2 Å². The van der Waals surface area contributed by atoms with E-state index >= 15 is 0 Å². The number of hydrogen-bond acceptors (Lipinski definition) is 8. The zero-order valence-electron chi connectivity index (χ0n) is 20.4. The number of aliphatic hydroxyl groups excluding tert-OH is 1. The first-order chi connectivity index (χ1) is 16.7. The van der Waals surface area contributed by atoms with Crippen LogP contribution >= 0.6 is 24.4 Å². The van der Waals surface area contributed by atoms with Crippen molar-refractivity contribution in [3.63, 3.8) is 0 Å². The topological polar surface area (TPSA) is 144 Å². The largest absolute Gasteiger partial charge is 2.00 e. The second-order valence-electron chi connectivity index (χ2n) is 7.68. The first-order valence-electron chi connectivity index (χ1n) is 11.2. The van der Waals surface area contributed by atoms with Gasteiger partial charge in [0.25, 0.3) is 5.56 Å². The summed E-state index contributed by atoms with van der Waals surface area (Å²) < 4.78 is 2.74. The normalized spacial score (nSPS) is 12.3. The molecule has 0 saturated heterocycles. The molecule has 1 aliphatic carbocycles. The van der Waals surface area contributed by atoms with E-state index in [1.807, 2.05) is 13.0 Å². The predicted octanol–water partition coefficient (Wildman–Crippen LogP) is 4.50. The quantitative estimate of drug-likeness (QED) is 0.226. The number of nitrogens with zero attached hydrogens (tertiary/aromatic N) is 3. The molecule has 36 heavy (non-hydrogen) atoms. The Balaban J connectivity index is 0.000000499. The van der Waals surface area contributed by atoms with Crippen molar-refractivity contribution in [3.05, 3.63) is 102 Å². The third-order valence-electron chi connectivity index (χ3n) is 4.91. The van der Waals surface area contributed by atoms with Crippen molar-refractivity contribution < 1.29 is 29.8 Å². The minimum absolute atomic E-state index is 0. The number of aromatic nitrogens is 3. The van der Waals surface area contributed by atoms with Crippen LogP contribution < -0.4 is 11.3 Å². The number of nitrogens with two attached hydrogens (primary N) is 1. The second kappa shape index (κ2) is 18.8. The molecule has 0 aromatic carbocycles. The number of aliphatic hydroxyl groups is 1. The molecule has 4 N–H and O–H groups in total. The summed E-state index contributed by atoms with van der Waals surface area (Å²) in [5, 5.41) is 38.3. The summed E-state index contributed by atoms with van der Waals surface area (Å²) in [6.45, 7) is 2.37. The predicted molar refractivity (Wildman–Crippen MR) is 143 cm³/mol. The van der Waals surface area contributed by atoms with Crippen molar-refractivity contribution in [2.24, 2.45) is 5.73 Å². The zero-order valence-corrected chi connectivity index (χ0v) is 25.0. The van der Waals surface area contributed by atoms with Gasteiger partial charge in [-0.15, -0.1) is 0 Å². The van der Waals surface area contributed by atoms with E-state index in [1.165, 1.54) is 37.7 Å². The van der Waals surface area contributed by atoms with Gasteiger partial charge in [0.2, 0.25) is 0 Å². The van der Waals surface area contributed by atoms with Gasteiger partial charge in [-0.1, -0.05) is 55.8 Å². The van der Waals surface area contributed by atoms with Crippen LogP contribution in [0.15, 0.2) is 65.7 Å². The van der Waals surface area contributed by atoms with Crippen LogP contribution in [0.3, 0.4) is 0 Å². The number of pyridine rings is 3. The summed E-state index contributed by atoms with van der Waals surface area (Å²) >= 11 is 9.21. The Morgan fingerprint density at radius 3 is 1.81 bits per heavy atom. The summed E-state index contributed by atoms with van der Waals surface area (Å²) in [5.41, 5.74) is 6.20. The van der Waals surface area contributed by atoms with E-state index in [1.54, 1.807) is 36.4 Å². The minimum atomic E-state index is -0.310. The molecular weight excluding hydrogens is 554 g/mol.